The maximum Gasteiger partial charge on any atom is 0.487 e. The number of nitrogens with zero attached hydrogens (tertiary/aromatic N) is 2. The van der Waals surface area contributed by atoms with E-state index in [1.807, 2.05) is 55.5 Å². The highest BCUT2D eigenvalue weighted by Gasteiger charge is 2.27. The maximum atomic E-state index is 12.7. The zero-order chi connectivity index (χ0) is 20.4. The summed E-state index contributed by atoms with van der Waals surface area (Å²) in [5.41, 5.74) is -0.155. The van der Waals surface area contributed by atoms with Gasteiger partial charge in [0.2, 0.25) is 0 Å². The minimum atomic E-state index is -3.75. The first-order chi connectivity index (χ1) is 13.9. The molecule has 4 nitrogen and oxygen atoms in total. The summed E-state index contributed by atoms with van der Waals surface area (Å²) < 4.78 is 29.8. The summed E-state index contributed by atoms with van der Waals surface area (Å²) in [6, 6.07) is 21.9. The Kier molecular flexibility index (Phi) is 5.03. The minimum Gasteiger partial charge on any atom is -0.420 e. The molecule has 0 radical (unpaired) electrons. The van der Waals surface area contributed by atoms with Gasteiger partial charge in [-0.25, -0.2) is 0 Å². The molecule has 1 N–H and O–H groups in total. The van der Waals surface area contributed by atoms with Gasteiger partial charge in [-0.15, -0.1) is 19.0 Å². The van der Waals surface area contributed by atoms with Crippen LogP contribution in [-0.4, -0.2) is 15.8 Å². The van der Waals surface area contributed by atoms with Gasteiger partial charge in [-0.2, -0.15) is 0 Å². The molecule has 0 saturated carbocycles. The molecule has 0 aliphatic rings. The van der Waals surface area contributed by atoms with Crippen LogP contribution in [0.5, 0.6) is 5.75 Å². The molecule has 3 aromatic carbocycles. The first-order valence-electron chi connectivity index (χ1n) is 8.84. The summed E-state index contributed by atoms with van der Waals surface area (Å²) in [5.74, 6) is 0.522. The fourth-order valence-electron chi connectivity index (χ4n) is 3.00. The number of nitrogens with one attached hydrogen (secondary N) is 1. The third-order valence-electron chi connectivity index (χ3n) is 4.36. The highest BCUT2D eigenvalue weighted by atomic mass is 35.5. The van der Waals surface area contributed by atoms with Crippen LogP contribution in [0.15, 0.2) is 72.8 Å². The number of aryl methyl sites for hydroxylation is 1. The van der Waals surface area contributed by atoms with Crippen molar-refractivity contribution < 1.29 is 13.5 Å². The van der Waals surface area contributed by atoms with Crippen LogP contribution >= 0.6 is 11.6 Å². The van der Waals surface area contributed by atoms with E-state index in [4.69, 9.17) is 11.6 Å². The van der Waals surface area contributed by atoms with Gasteiger partial charge in [0.15, 0.2) is 5.82 Å². The second-order valence-electron chi connectivity index (χ2n) is 6.51. The quantitative estimate of drug-likeness (QED) is 0.380. The standard InChI is InChI=1S/C22H16ClF2N3O/c1-14-6-8-15(9-7-14)20-18-4-2-3-5-19(18)21(28-27-20)26-16-10-12-17(13-11-16)29-22(23,24)25/h2-13H,1H3,(H,26,28). The van der Waals surface area contributed by atoms with Crippen molar-refractivity contribution in [1.82, 2.24) is 10.2 Å². The largest absolute Gasteiger partial charge is 0.487 e. The number of benzene rings is 3. The molecule has 0 spiro atoms. The number of anilines is 2. The van der Waals surface area contributed by atoms with Crippen LogP contribution in [0.2, 0.25) is 0 Å². The molecule has 0 aliphatic carbocycles. The Labute approximate surface area is 171 Å². The topological polar surface area (TPSA) is 47.0 Å². The number of hydrogen-bond donors (Lipinski definition) is 1. The second-order valence-corrected chi connectivity index (χ2v) is 6.95. The van der Waals surface area contributed by atoms with Gasteiger partial charge in [0.25, 0.3) is 0 Å². The third kappa shape index (κ3) is 4.43. The molecule has 0 aliphatic heterocycles. The minimum absolute atomic E-state index is 0.0405. The van der Waals surface area contributed by atoms with Gasteiger partial charge < -0.3 is 10.1 Å². The van der Waals surface area contributed by atoms with Crippen molar-refractivity contribution >= 4 is 33.9 Å². The van der Waals surface area contributed by atoms with Crippen LogP contribution < -0.4 is 10.1 Å². The Hall–Kier alpha value is -3.25. The van der Waals surface area contributed by atoms with Crippen LogP contribution in [0, 0.1) is 6.92 Å². The first-order valence-corrected chi connectivity index (χ1v) is 9.22. The molecule has 0 fully saturated rings. The number of halogens is 3. The summed E-state index contributed by atoms with van der Waals surface area (Å²) in [4.78, 5) is 0. The van der Waals surface area contributed by atoms with Gasteiger partial charge in [0, 0.05) is 33.6 Å². The van der Waals surface area contributed by atoms with Gasteiger partial charge in [-0.3, -0.25) is 0 Å². The summed E-state index contributed by atoms with van der Waals surface area (Å²) in [7, 11) is 0. The zero-order valence-electron chi connectivity index (χ0n) is 15.4. The number of ether oxygens (including phenoxy) is 1. The van der Waals surface area contributed by atoms with Crippen LogP contribution in [0.4, 0.5) is 20.3 Å². The molecule has 1 heterocycles. The molecule has 4 aromatic rings. The Balaban J connectivity index is 1.67. The predicted octanol–water partition coefficient (Wildman–Crippen LogP) is 6.52. The lowest BCUT2D eigenvalue weighted by Gasteiger charge is -2.13. The molecule has 7 heteroatoms. The molecule has 4 rings (SSSR count). The number of hydrogen-bond acceptors (Lipinski definition) is 4. The van der Waals surface area contributed by atoms with Gasteiger partial charge in [0.05, 0.1) is 0 Å². The van der Waals surface area contributed by atoms with E-state index in [9.17, 15) is 8.78 Å². The third-order valence-corrected chi connectivity index (χ3v) is 4.44. The SMILES string of the molecule is Cc1ccc(-c2nnc(Nc3ccc(OC(F)(F)Cl)cc3)c3ccccc23)cc1. The summed E-state index contributed by atoms with van der Waals surface area (Å²) in [5, 5.41) is 13.8. The van der Waals surface area contributed by atoms with E-state index in [2.05, 4.69) is 20.3 Å². The van der Waals surface area contributed by atoms with Crippen LogP contribution in [0.25, 0.3) is 22.0 Å². The van der Waals surface area contributed by atoms with E-state index in [1.165, 1.54) is 17.7 Å². The van der Waals surface area contributed by atoms with Crippen molar-refractivity contribution in [3.8, 4) is 17.0 Å². The van der Waals surface area contributed by atoms with Crippen molar-refractivity contribution in [3.05, 3.63) is 78.4 Å². The van der Waals surface area contributed by atoms with Gasteiger partial charge in [-0.1, -0.05) is 54.1 Å². The Bertz CT molecular complexity index is 1140. The van der Waals surface area contributed by atoms with Crippen molar-refractivity contribution in [2.75, 3.05) is 5.32 Å². The Morgan fingerprint density at radius 3 is 2.17 bits per heavy atom. The number of aromatic nitrogens is 2. The van der Waals surface area contributed by atoms with E-state index >= 15 is 0 Å². The second kappa shape index (κ2) is 7.64. The predicted molar refractivity (Wildman–Crippen MR) is 111 cm³/mol. The monoisotopic (exact) mass is 411 g/mol. The van der Waals surface area contributed by atoms with Crippen molar-refractivity contribution in [2.45, 2.75) is 12.5 Å². The van der Waals surface area contributed by atoms with Crippen LogP contribution in [0.1, 0.15) is 5.56 Å². The molecule has 29 heavy (non-hydrogen) atoms. The molecular formula is C22H16ClF2N3O. The van der Waals surface area contributed by atoms with E-state index in [0.29, 0.717) is 11.5 Å². The maximum absolute atomic E-state index is 12.7. The molecule has 0 bridgehead atoms. The van der Waals surface area contributed by atoms with Crippen LogP contribution in [0.3, 0.4) is 0 Å². The fourth-order valence-corrected chi connectivity index (χ4v) is 3.09. The molecule has 0 unspecified atom stereocenters. The molecular weight excluding hydrogens is 396 g/mol. The summed E-state index contributed by atoms with van der Waals surface area (Å²) >= 11 is 4.79. The van der Waals surface area contributed by atoms with Crippen molar-refractivity contribution in [2.24, 2.45) is 0 Å². The number of alkyl halides is 3. The number of rotatable bonds is 5. The van der Waals surface area contributed by atoms with E-state index in [-0.39, 0.29) is 5.75 Å². The molecule has 0 saturated heterocycles. The Morgan fingerprint density at radius 2 is 1.52 bits per heavy atom. The lowest BCUT2D eigenvalue weighted by Crippen LogP contribution is -2.15. The fraction of sp³-hybridized carbons (Fsp3) is 0.0909. The number of fused-ring (bicyclic) bond motifs is 1. The lowest BCUT2D eigenvalue weighted by atomic mass is 10.0. The van der Waals surface area contributed by atoms with Crippen molar-refractivity contribution in [3.63, 3.8) is 0 Å². The Morgan fingerprint density at radius 1 is 0.862 bits per heavy atom. The molecule has 0 amide bonds. The summed E-state index contributed by atoms with van der Waals surface area (Å²) in [6.07, 6.45) is 0. The van der Waals surface area contributed by atoms with Gasteiger partial charge in [-0.05, 0) is 31.2 Å². The highest BCUT2D eigenvalue weighted by Crippen LogP contribution is 2.32. The highest BCUT2D eigenvalue weighted by molar-refractivity contribution is 6.20. The molecule has 0 atom stereocenters. The average molecular weight is 412 g/mol. The van der Waals surface area contributed by atoms with E-state index in [1.54, 1.807) is 12.1 Å². The van der Waals surface area contributed by atoms with Gasteiger partial charge >= 0.3 is 5.57 Å². The van der Waals surface area contributed by atoms with Gasteiger partial charge in [0.1, 0.15) is 11.4 Å². The first kappa shape index (κ1) is 19.1. The molecule has 1 aromatic heterocycles. The average Bonchev–Trinajstić information content (AvgIpc) is 2.69. The van der Waals surface area contributed by atoms with E-state index in [0.717, 1.165) is 22.0 Å². The van der Waals surface area contributed by atoms with E-state index < -0.39 is 5.57 Å². The van der Waals surface area contributed by atoms with Crippen LogP contribution in [-0.2, 0) is 0 Å². The zero-order valence-corrected chi connectivity index (χ0v) is 16.1. The lowest BCUT2D eigenvalue weighted by molar-refractivity contribution is -0.0964. The summed E-state index contributed by atoms with van der Waals surface area (Å²) in [6.45, 7) is 2.03. The van der Waals surface area contributed by atoms with Crippen molar-refractivity contribution in [1.29, 1.82) is 0 Å². The normalized spacial score (nSPS) is 11.4. The smallest absolute Gasteiger partial charge is 0.420 e. The molecule has 146 valence electrons.